The molecule has 6 nitrogen and oxygen atoms in total. The van der Waals surface area contributed by atoms with E-state index in [-0.39, 0.29) is 16.7 Å². The molecule has 0 amide bonds. The molecular formula is C17H20N2O4S2. The number of primary sulfonamides is 1. The molecule has 0 radical (unpaired) electrons. The predicted molar refractivity (Wildman–Crippen MR) is 97.4 cm³/mol. The lowest BCUT2D eigenvalue weighted by molar-refractivity contribution is 0.583. The first-order chi connectivity index (χ1) is 11.7. The fraction of sp³-hybridized carbons (Fsp3) is 0.294. The quantitative estimate of drug-likeness (QED) is 0.853. The van der Waals surface area contributed by atoms with E-state index in [4.69, 9.17) is 5.14 Å². The summed E-state index contributed by atoms with van der Waals surface area (Å²) in [5.41, 5.74) is 2.18. The molecule has 2 aromatic rings. The smallest absolute Gasteiger partial charge is 0.238 e. The van der Waals surface area contributed by atoms with E-state index >= 15 is 0 Å². The van der Waals surface area contributed by atoms with Crippen LogP contribution in [0.25, 0.3) is 0 Å². The Hall–Kier alpha value is -1.90. The summed E-state index contributed by atoms with van der Waals surface area (Å²) in [7, 11) is -7.33. The van der Waals surface area contributed by atoms with Crippen LogP contribution in [0.5, 0.6) is 0 Å². The van der Waals surface area contributed by atoms with Gasteiger partial charge in [0.25, 0.3) is 0 Å². The van der Waals surface area contributed by atoms with Gasteiger partial charge >= 0.3 is 0 Å². The zero-order valence-corrected chi connectivity index (χ0v) is 15.4. The number of aryl methyl sites for hydroxylation is 1. The number of rotatable bonds is 5. The molecule has 3 rings (SSSR count). The van der Waals surface area contributed by atoms with Gasteiger partial charge in [0.1, 0.15) is 0 Å². The number of fused-ring (bicyclic) bond motifs is 1. The Labute approximate surface area is 148 Å². The largest absolute Gasteiger partial charge is 0.267 e. The zero-order valence-electron chi connectivity index (χ0n) is 13.8. The number of anilines is 1. The van der Waals surface area contributed by atoms with Crippen molar-refractivity contribution in [3.63, 3.8) is 0 Å². The van der Waals surface area contributed by atoms with Crippen molar-refractivity contribution in [2.45, 2.75) is 30.7 Å². The maximum Gasteiger partial charge on any atom is 0.238 e. The van der Waals surface area contributed by atoms with E-state index in [1.165, 1.54) is 22.5 Å². The van der Waals surface area contributed by atoms with Crippen molar-refractivity contribution in [1.29, 1.82) is 0 Å². The summed E-state index contributed by atoms with van der Waals surface area (Å²) in [6.45, 7) is 1.82. The summed E-state index contributed by atoms with van der Waals surface area (Å²) in [5, 5.41) is 5.16. The number of nitrogens with two attached hydrogens (primary N) is 1. The molecule has 1 atom stereocenters. The van der Waals surface area contributed by atoms with E-state index in [1.54, 1.807) is 0 Å². The van der Waals surface area contributed by atoms with Crippen LogP contribution in [-0.4, -0.2) is 28.6 Å². The second kappa shape index (κ2) is 6.44. The van der Waals surface area contributed by atoms with E-state index in [9.17, 15) is 16.8 Å². The molecule has 1 heterocycles. The highest BCUT2D eigenvalue weighted by molar-refractivity contribution is 7.92. The standard InChI is InChI=1S/C17H20N2O4S2/c1-13-11-15-12-16(25(18,22)23)7-8-17(15)19(13)24(20,21)10-9-14-5-3-2-4-6-14/h2-8,12-13H,9-11H2,1H3,(H2,18,22,23). The van der Waals surface area contributed by atoms with Crippen LogP contribution in [0.2, 0.25) is 0 Å². The highest BCUT2D eigenvalue weighted by Gasteiger charge is 2.35. The topological polar surface area (TPSA) is 97.5 Å². The molecule has 25 heavy (non-hydrogen) atoms. The van der Waals surface area contributed by atoms with Gasteiger partial charge in [-0.15, -0.1) is 0 Å². The first kappa shape index (κ1) is 17.9. The van der Waals surface area contributed by atoms with E-state index in [2.05, 4.69) is 0 Å². The maximum atomic E-state index is 12.8. The van der Waals surface area contributed by atoms with E-state index < -0.39 is 20.0 Å². The third kappa shape index (κ3) is 3.70. The van der Waals surface area contributed by atoms with Crippen LogP contribution in [0, 0.1) is 0 Å². The Morgan fingerprint density at radius 3 is 2.40 bits per heavy atom. The molecule has 134 valence electrons. The Kier molecular flexibility index (Phi) is 4.61. The summed E-state index contributed by atoms with van der Waals surface area (Å²) >= 11 is 0. The molecule has 0 aliphatic carbocycles. The minimum absolute atomic E-state index is 0.00184. The second-order valence-electron chi connectivity index (χ2n) is 6.24. The number of sulfonamides is 2. The molecule has 8 heteroatoms. The fourth-order valence-electron chi connectivity index (χ4n) is 3.17. The van der Waals surface area contributed by atoms with Crippen molar-refractivity contribution in [3.8, 4) is 0 Å². The van der Waals surface area contributed by atoms with Crippen LogP contribution in [0.15, 0.2) is 53.4 Å². The summed E-state index contributed by atoms with van der Waals surface area (Å²) < 4.78 is 50.1. The normalized spacial score (nSPS) is 17.5. The fourth-order valence-corrected chi connectivity index (χ4v) is 5.53. The Bertz CT molecular complexity index is 987. The van der Waals surface area contributed by atoms with Gasteiger partial charge < -0.3 is 0 Å². The van der Waals surface area contributed by atoms with E-state index in [1.807, 2.05) is 37.3 Å². The Morgan fingerprint density at radius 2 is 1.76 bits per heavy atom. The lowest BCUT2D eigenvalue weighted by atomic mass is 10.1. The first-order valence-corrected chi connectivity index (χ1v) is 11.1. The molecule has 2 N–H and O–H groups in total. The summed E-state index contributed by atoms with van der Waals surface area (Å²) in [6.07, 6.45) is 0.889. The molecule has 0 saturated carbocycles. The maximum absolute atomic E-state index is 12.8. The van der Waals surface area contributed by atoms with Crippen molar-refractivity contribution in [2.75, 3.05) is 10.1 Å². The summed E-state index contributed by atoms with van der Waals surface area (Å²) in [4.78, 5) is 0.00184. The van der Waals surface area contributed by atoms with Gasteiger partial charge in [-0.3, -0.25) is 4.31 Å². The monoisotopic (exact) mass is 380 g/mol. The number of hydrogen-bond donors (Lipinski definition) is 1. The minimum atomic E-state index is -3.81. The molecule has 1 aliphatic rings. The van der Waals surface area contributed by atoms with Gasteiger partial charge in [-0.25, -0.2) is 22.0 Å². The average molecular weight is 380 g/mol. The highest BCUT2D eigenvalue weighted by atomic mass is 32.2. The van der Waals surface area contributed by atoms with Crippen molar-refractivity contribution in [3.05, 3.63) is 59.7 Å². The average Bonchev–Trinajstić information content (AvgIpc) is 2.89. The van der Waals surface area contributed by atoms with Crippen LogP contribution in [0.3, 0.4) is 0 Å². The van der Waals surface area contributed by atoms with Crippen molar-refractivity contribution < 1.29 is 16.8 Å². The van der Waals surface area contributed by atoms with Gasteiger partial charge in [-0.2, -0.15) is 0 Å². The van der Waals surface area contributed by atoms with Crippen molar-refractivity contribution >= 4 is 25.7 Å². The van der Waals surface area contributed by atoms with Crippen molar-refractivity contribution in [2.24, 2.45) is 5.14 Å². The molecular weight excluding hydrogens is 360 g/mol. The van der Waals surface area contributed by atoms with Gasteiger partial charge in [0, 0.05) is 6.04 Å². The number of benzene rings is 2. The van der Waals surface area contributed by atoms with Gasteiger partial charge in [0.05, 0.1) is 16.3 Å². The molecule has 0 bridgehead atoms. The van der Waals surface area contributed by atoms with Crippen LogP contribution < -0.4 is 9.44 Å². The molecule has 0 fully saturated rings. The first-order valence-electron chi connectivity index (χ1n) is 7.90. The third-order valence-corrected chi connectivity index (χ3v) is 7.11. The highest BCUT2D eigenvalue weighted by Crippen LogP contribution is 2.36. The molecule has 2 aromatic carbocycles. The molecule has 1 aliphatic heterocycles. The number of hydrogen-bond acceptors (Lipinski definition) is 4. The third-order valence-electron chi connectivity index (χ3n) is 4.32. The lowest BCUT2D eigenvalue weighted by Gasteiger charge is -2.24. The van der Waals surface area contributed by atoms with Crippen LogP contribution >= 0.6 is 0 Å². The SMILES string of the molecule is CC1Cc2cc(S(N)(=O)=O)ccc2N1S(=O)(=O)CCc1ccccc1. The van der Waals surface area contributed by atoms with Crippen LogP contribution in [-0.2, 0) is 32.9 Å². The van der Waals surface area contributed by atoms with E-state index in [0.717, 1.165) is 5.56 Å². The van der Waals surface area contributed by atoms with E-state index in [0.29, 0.717) is 24.1 Å². The number of nitrogens with zero attached hydrogens (tertiary/aromatic N) is 1. The zero-order chi connectivity index (χ0) is 18.2. The Morgan fingerprint density at radius 1 is 1.08 bits per heavy atom. The molecule has 0 aromatic heterocycles. The van der Waals surface area contributed by atoms with Gasteiger partial charge in [-0.05, 0) is 49.1 Å². The minimum Gasteiger partial charge on any atom is -0.267 e. The van der Waals surface area contributed by atoms with Crippen LogP contribution in [0.4, 0.5) is 5.69 Å². The Balaban J connectivity index is 1.88. The molecule has 1 unspecified atom stereocenters. The summed E-state index contributed by atoms with van der Waals surface area (Å²) in [6, 6.07) is 13.5. The van der Waals surface area contributed by atoms with Gasteiger partial charge in [-0.1, -0.05) is 30.3 Å². The molecule has 0 spiro atoms. The summed E-state index contributed by atoms with van der Waals surface area (Å²) in [5.74, 6) is -0.00225. The predicted octanol–water partition coefficient (Wildman–Crippen LogP) is 1.66. The lowest BCUT2D eigenvalue weighted by Crippen LogP contribution is -2.37. The van der Waals surface area contributed by atoms with Crippen molar-refractivity contribution in [1.82, 2.24) is 0 Å². The van der Waals surface area contributed by atoms with Gasteiger partial charge in [0.2, 0.25) is 20.0 Å². The van der Waals surface area contributed by atoms with Gasteiger partial charge in [0.15, 0.2) is 0 Å². The molecule has 0 saturated heterocycles. The van der Waals surface area contributed by atoms with Crippen LogP contribution in [0.1, 0.15) is 18.1 Å². The second-order valence-corrected chi connectivity index (χ2v) is 9.76.